The maximum Gasteiger partial charge on any atom is 0.408 e. The van der Waals surface area contributed by atoms with E-state index in [2.05, 4.69) is 21.3 Å². The van der Waals surface area contributed by atoms with Crippen molar-refractivity contribution >= 4 is 29.3 Å². The SMILES string of the molecule is CC(C)N(C(=O)O)[C@@]1(C(=O)C2CCN(c3ccc(C#N)cn3)CC2)CNC[C@@H]1c1ccc(Cl)cc1. The number of pyridine rings is 1. The van der Waals surface area contributed by atoms with Gasteiger partial charge in [-0.05, 0) is 56.5 Å². The number of nitriles is 1. The van der Waals surface area contributed by atoms with E-state index in [4.69, 9.17) is 16.9 Å². The lowest BCUT2D eigenvalue weighted by molar-refractivity contribution is -0.136. The summed E-state index contributed by atoms with van der Waals surface area (Å²) in [6.07, 6.45) is 1.69. The molecule has 35 heavy (non-hydrogen) atoms. The van der Waals surface area contributed by atoms with Gasteiger partial charge in [-0.1, -0.05) is 23.7 Å². The van der Waals surface area contributed by atoms with Crippen molar-refractivity contribution in [1.29, 1.82) is 5.26 Å². The molecule has 4 rings (SSSR count). The van der Waals surface area contributed by atoms with Gasteiger partial charge in [0.15, 0.2) is 5.78 Å². The fourth-order valence-corrected chi connectivity index (χ4v) is 5.76. The maximum absolute atomic E-state index is 14.3. The van der Waals surface area contributed by atoms with Crippen LogP contribution in [0.15, 0.2) is 42.6 Å². The van der Waals surface area contributed by atoms with E-state index in [0.717, 1.165) is 11.4 Å². The zero-order chi connectivity index (χ0) is 25.2. The van der Waals surface area contributed by atoms with E-state index in [1.54, 1.807) is 24.4 Å². The highest BCUT2D eigenvalue weighted by molar-refractivity contribution is 6.30. The molecule has 9 heteroatoms. The number of carbonyl (C=O) groups is 2. The zero-order valence-corrected chi connectivity index (χ0v) is 20.7. The van der Waals surface area contributed by atoms with Crippen LogP contribution in [0, 0.1) is 17.2 Å². The lowest BCUT2D eigenvalue weighted by Crippen LogP contribution is -2.65. The van der Waals surface area contributed by atoms with Gasteiger partial charge in [0.05, 0.1) is 5.56 Å². The predicted octanol–water partition coefficient (Wildman–Crippen LogP) is 3.91. The van der Waals surface area contributed by atoms with E-state index < -0.39 is 11.6 Å². The number of carboxylic acid groups (broad SMARTS) is 1. The van der Waals surface area contributed by atoms with Crippen LogP contribution in [0.1, 0.15) is 43.7 Å². The Morgan fingerprint density at radius 3 is 2.46 bits per heavy atom. The Bertz CT molecular complexity index is 1110. The quantitative estimate of drug-likeness (QED) is 0.625. The molecule has 2 aliphatic heterocycles. The van der Waals surface area contributed by atoms with E-state index in [1.807, 2.05) is 32.0 Å². The topological polar surface area (TPSA) is 110 Å². The molecule has 2 aromatic rings. The molecule has 184 valence electrons. The number of halogens is 1. The number of hydrogen-bond donors (Lipinski definition) is 2. The third kappa shape index (κ3) is 4.71. The summed E-state index contributed by atoms with van der Waals surface area (Å²) in [5.74, 6) is 0.176. The second-order valence-corrected chi connectivity index (χ2v) is 9.98. The molecule has 0 bridgehead atoms. The van der Waals surface area contributed by atoms with Crippen molar-refractivity contribution in [2.45, 2.75) is 44.2 Å². The number of benzene rings is 1. The highest BCUT2D eigenvalue weighted by Gasteiger charge is 2.57. The van der Waals surface area contributed by atoms with Gasteiger partial charge >= 0.3 is 6.09 Å². The molecular weight excluding hydrogens is 466 g/mol. The lowest BCUT2D eigenvalue weighted by atomic mass is 9.71. The van der Waals surface area contributed by atoms with Crippen molar-refractivity contribution in [3.63, 3.8) is 0 Å². The van der Waals surface area contributed by atoms with Crippen molar-refractivity contribution in [2.24, 2.45) is 5.92 Å². The van der Waals surface area contributed by atoms with Gasteiger partial charge in [-0.3, -0.25) is 9.69 Å². The molecule has 0 unspecified atom stereocenters. The van der Waals surface area contributed by atoms with Gasteiger partial charge in [-0.25, -0.2) is 9.78 Å². The number of rotatable bonds is 6. The van der Waals surface area contributed by atoms with Gasteiger partial charge in [0.2, 0.25) is 0 Å². The first-order valence-electron chi connectivity index (χ1n) is 11.9. The van der Waals surface area contributed by atoms with E-state index in [0.29, 0.717) is 43.1 Å². The molecule has 3 heterocycles. The molecule has 0 saturated carbocycles. The van der Waals surface area contributed by atoms with Crippen LogP contribution in [0.2, 0.25) is 5.02 Å². The van der Waals surface area contributed by atoms with Crippen LogP contribution in [0.5, 0.6) is 0 Å². The van der Waals surface area contributed by atoms with Crippen LogP contribution in [-0.4, -0.2) is 64.6 Å². The van der Waals surface area contributed by atoms with Crippen LogP contribution < -0.4 is 10.2 Å². The Kier molecular flexibility index (Phi) is 7.29. The smallest absolute Gasteiger partial charge is 0.408 e. The summed E-state index contributed by atoms with van der Waals surface area (Å²) in [5, 5.41) is 23.2. The molecule has 8 nitrogen and oxygen atoms in total. The second kappa shape index (κ2) is 10.2. The Labute approximate surface area is 210 Å². The monoisotopic (exact) mass is 495 g/mol. The first kappa shape index (κ1) is 25.0. The van der Waals surface area contributed by atoms with Crippen molar-refractivity contribution in [1.82, 2.24) is 15.2 Å². The maximum atomic E-state index is 14.3. The van der Waals surface area contributed by atoms with Crippen LogP contribution in [0.3, 0.4) is 0 Å². The molecule has 2 saturated heterocycles. The fourth-order valence-electron chi connectivity index (χ4n) is 5.63. The third-order valence-electron chi connectivity index (χ3n) is 7.24. The van der Waals surface area contributed by atoms with Gasteiger partial charge in [-0.2, -0.15) is 5.26 Å². The number of piperidine rings is 1. The fraction of sp³-hybridized carbons (Fsp3) is 0.462. The molecule has 2 N–H and O–H groups in total. The summed E-state index contributed by atoms with van der Waals surface area (Å²) in [4.78, 5) is 34.7. The molecule has 1 aromatic carbocycles. The first-order valence-corrected chi connectivity index (χ1v) is 12.3. The minimum Gasteiger partial charge on any atom is -0.465 e. The number of carbonyl (C=O) groups excluding carboxylic acids is 1. The molecular formula is C26H30ClN5O3. The summed E-state index contributed by atoms with van der Waals surface area (Å²) in [6, 6.07) is 12.6. The zero-order valence-electron chi connectivity index (χ0n) is 19.9. The molecule has 0 aliphatic carbocycles. The average Bonchev–Trinajstić information content (AvgIpc) is 3.29. The molecule has 0 spiro atoms. The van der Waals surface area contributed by atoms with Crippen LogP contribution in [0.4, 0.5) is 10.6 Å². The van der Waals surface area contributed by atoms with Gasteiger partial charge in [0.25, 0.3) is 0 Å². The standard InChI is InChI=1S/C26H30ClN5O3/c1-17(2)32(25(34)35)26(16-29-15-22(26)19-4-6-21(27)7-5-19)24(33)20-9-11-31(12-10-20)23-8-3-18(13-28)14-30-23/h3-8,14,17,20,22,29H,9-12,15-16H2,1-2H3,(H,34,35)/t22-,26+/m1/s1. The van der Waals surface area contributed by atoms with Crippen molar-refractivity contribution in [3.8, 4) is 6.07 Å². The predicted molar refractivity (Wildman–Crippen MR) is 134 cm³/mol. The van der Waals surface area contributed by atoms with Gasteiger partial charge in [0, 0.05) is 55.3 Å². The number of hydrogen-bond acceptors (Lipinski definition) is 6. The normalized spacial score (nSPS) is 22.7. The van der Waals surface area contributed by atoms with Gasteiger partial charge < -0.3 is 15.3 Å². The minimum absolute atomic E-state index is 0.0222. The van der Waals surface area contributed by atoms with E-state index >= 15 is 0 Å². The molecule has 1 aromatic heterocycles. The molecule has 2 atom stereocenters. The summed E-state index contributed by atoms with van der Waals surface area (Å²) in [6.45, 7) is 5.70. The van der Waals surface area contributed by atoms with Crippen molar-refractivity contribution in [3.05, 3.63) is 58.7 Å². The average molecular weight is 496 g/mol. The summed E-state index contributed by atoms with van der Waals surface area (Å²) in [5.41, 5.74) is 0.205. The van der Waals surface area contributed by atoms with E-state index in [1.165, 1.54) is 4.90 Å². The Morgan fingerprint density at radius 2 is 1.91 bits per heavy atom. The summed E-state index contributed by atoms with van der Waals surface area (Å²) in [7, 11) is 0. The second-order valence-electron chi connectivity index (χ2n) is 9.55. The molecule has 2 aliphatic rings. The molecule has 2 fully saturated rings. The Balaban J connectivity index is 1.63. The summed E-state index contributed by atoms with van der Waals surface area (Å²) >= 11 is 6.11. The van der Waals surface area contributed by atoms with Gasteiger partial charge in [0.1, 0.15) is 17.4 Å². The number of aromatic nitrogens is 1. The van der Waals surface area contributed by atoms with E-state index in [-0.39, 0.29) is 30.2 Å². The number of Topliss-reactive ketones (excluding diaryl/α,β-unsaturated/α-hetero) is 1. The van der Waals surface area contributed by atoms with Crippen molar-refractivity contribution in [2.75, 3.05) is 31.1 Å². The van der Waals surface area contributed by atoms with Crippen LogP contribution in [0.25, 0.3) is 0 Å². The molecule has 0 radical (unpaired) electrons. The molecule has 1 amide bonds. The number of amides is 1. The summed E-state index contributed by atoms with van der Waals surface area (Å²) < 4.78 is 0. The van der Waals surface area contributed by atoms with Crippen LogP contribution in [-0.2, 0) is 4.79 Å². The van der Waals surface area contributed by atoms with Crippen LogP contribution >= 0.6 is 11.6 Å². The highest BCUT2D eigenvalue weighted by Crippen LogP contribution is 2.42. The number of nitrogens with one attached hydrogen (secondary N) is 1. The van der Waals surface area contributed by atoms with E-state index in [9.17, 15) is 14.7 Å². The first-order chi connectivity index (χ1) is 16.8. The van der Waals surface area contributed by atoms with Gasteiger partial charge in [-0.15, -0.1) is 0 Å². The number of nitrogens with zero attached hydrogens (tertiary/aromatic N) is 4. The number of anilines is 1. The largest absolute Gasteiger partial charge is 0.465 e. The Morgan fingerprint density at radius 1 is 1.23 bits per heavy atom. The minimum atomic E-state index is -1.20. The third-order valence-corrected chi connectivity index (χ3v) is 7.49. The lowest BCUT2D eigenvalue weighted by Gasteiger charge is -2.47. The Hall–Kier alpha value is -3.15. The van der Waals surface area contributed by atoms with Crippen molar-refractivity contribution < 1.29 is 14.7 Å². The highest BCUT2D eigenvalue weighted by atomic mass is 35.5. The number of ketones is 1.